The van der Waals surface area contributed by atoms with E-state index in [9.17, 15) is 13.2 Å². The van der Waals surface area contributed by atoms with Crippen LogP contribution in [0.15, 0.2) is 12.3 Å². The SMILES string of the molecule is NCc1ccnc(N(CCO)CC(F)(F)F)n1. The maximum Gasteiger partial charge on any atom is 0.406 e. The Morgan fingerprint density at radius 1 is 1.41 bits per heavy atom. The Morgan fingerprint density at radius 3 is 2.65 bits per heavy atom. The molecule has 0 fully saturated rings. The standard InChI is InChI=1S/C9H13F3N4O/c10-9(11,12)6-16(3-4-17)8-14-2-1-7(5-13)15-8/h1-2,17H,3-6,13H2. The molecule has 3 N–H and O–H groups in total. The molecule has 0 spiro atoms. The molecule has 0 bridgehead atoms. The van der Waals surface area contributed by atoms with Crippen LogP contribution in [-0.4, -0.2) is 40.9 Å². The van der Waals surface area contributed by atoms with Gasteiger partial charge in [0.05, 0.1) is 12.3 Å². The minimum Gasteiger partial charge on any atom is -0.395 e. The Labute approximate surface area is 96.1 Å². The van der Waals surface area contributed by atoms with Gasteiger partial charge in [-0.3, -0.25) is 0 Å². The van der Waals surface area contributed by atoms with E-state index in [2.05, 4.69) is 9.97 Å². The second kappa shape index (κ2) is 5.78. The quantitative estimate of drug-likeness (QED) is 0.786. The van der Waals surface area contributed by atoms with Crippen molar-refractivity contribution in [1.29, 1.82) is 0 Å². The number of aliphatic hydroxyl groups excluding tert-OH is 1. The molecule has 0 aromatic carbocycles. The Hall–Kier alpha value is -1.41. The molecule has 0 radical (unpaired) electrons. The lowest BCUT2D eigenvalue weighted by atomic mass is 10.4. The van der Waals surface area contributed by atoms with Crippen LogP contribution in [0.3, 0.4) is 0 Å². The van der Waals surface area contributed by atoms with Gasteiger partial charge in [-0.25, -0.2) is 9.97 Å². The van der Waals surface area contributed by atoms with Crippen molar-refractivity contribution >= 4 is 5.95 Å². The number of aromatic nitrogens is 2. The number of nitrogens with two attached hydrogens (primary N) is 1. The van der Waals surface area contributed by atoms with Crippen LogP contribution in [-0.2, 0) is 6.54 Å². The molecule has 0 saturated carbocycles. The zero-order chi connectivity index (χ0) is 12.9. The normalized spacial score (nSPS) is 11.6. The highest BCUT2D eigenvalue weighted by Crippen LogP contribution is 2.19. The Morgan fingerprint density at radius 2 is 2.12 bits per heavy atom. The number of rotatable bonds is 5. The molecule has 0 unspecified atom stereocenters. The number of halogens is 3. The van der Waals surface area contributed by atoms with Gasteiger partial charge in [-0.1, -0.05) is 0 Å². The van der Waals surface area contributed by atoms with Gasteiger partial charge in [0.15, 0.2) is 0 Å². The molecule has 0 aliphatic rings. The number of hydrogen-bond donors (Lipinski definition) is 2. The lowest BCUT2D eigenvalue weighted by molar-refractivity contribution is -0.120. The summed E-state index contributed by atoms with van der Waals surface area (Å²) in [6.07, 6.45) is -3.04. The monoisotopic (exact) mass is 250 g/mol. The highest BCUT2D eigenvalue weighted by Gasteiger charge is 2.31. The molecule has 5 nitrogen and oxygen atoms in total. The largest absolute Gasteiger partial charge is 0.406 e. The van der Waals surface area contributed by atoms with Gasteiger partial charge in [-0.2, -0.15) is 13.2 Å². The minimum atomic E-state index is -4.38. The summed E-state index contributed by atoms with van der Waals surface area (Å²) >= 11 is 0. The fraction of sp³-hybridized carbons (Fsp3) is 0.556. The van der Waals surface area contributed by atoms with Gasteiger partial charge in [-0.15, -0.1) is 0 Å². The molecular formula is C9H13F3N4O. The van der Waals surface area contributed by atoms with Crippen molar-refractivity contribution in [2.75, 3.05) is 24.6 Å². The van der Waals surface area contributed by atoms with E-state index in [4.69, 9.17) is 10.8 Å². The minimum absolute atomic E-state index is 0.0840. The van der Waals surface area contributed by atoms with E-state index in [1.807, 2.05) is 0 Å². The first-order valence-corrected chi connectivity index (χ1v) is 4.91. The number of anilines is 1. The van der Waals surface area contributed by atoms with Gasteiger partial charge in [-0.05, 0) is 6.07 Å². The predicted molar refractivity (Wildman–Crippen MR) is 55.3 cm³/mol. The lowest BCUT2D eigenvalue weighted by Crippen LogP contribution is -2.37. The summed E-state index contributed by atoms with van der Waals surface area (Å²) in [7, 11) is 0. The first-order valence-electron chi connectivity index (χ1n) is 4.91. The van der Waals surface area contributed by atoms with Gasteiger partial charge in [0, 0.05) is 19.3 Å². The van der Waals surface area contributed by atoms with E-state index in [1.165, 1.54) is 12.3 Å². The summed E-state index contributed by atoms with van der Waals surface area (Å²) in [5, 5.41) is 8.73. The van der Waals surface area contributed by atoms with Crippen LogP contribution in [0, 0.1) is 0 Å². The Balaban J connectivity index is 2.88. The van der Waals surface area contributed by atoms with E-state index in [1.54, 1.807) is 0 Å². The average molecular weight is 250 g/mol. The topological polar surface area (TPSA) is 75.3 Å². The van der Waals surface area contributed by atoms with Crippen molar-refractivity contribution in [3.8, 4) is 0 Å². The van der Waals surface area contributed by atoms with Gasteiger partial charge in [0.25, 0.3) is 0 Å². The first kappa shape index (κ1) is 13.7. The zero-order valence-corrected chi connectivity index (χ0v) is 8.98. The molecule has 0 atom stereocenters. The smallest absolute Gasteiger partial charge is 0.395 e. The summed E-state index contributed by atoms with van der Waals surface area (Å²) < 4.78 is 36.9. The number of alkyl halides is 3. The Bertz CT molecular complexity index is 358. The molecule has 17 heavy (non-hydrogen) atoms. The van der Waals surface area contributed by atoms with Crippen molar-refractivity contribution in [2.24, 2.45) is 5.73 Å². The van der Waals surface area contributed by atoms with Crippen LogP contribution < -0.4 is 10.6 Å². The van der Waals surface area contributed by atoms with Gasteiger partial charge < -0.3 is 15.7 Å². The molecule has 8 heteroatoms. The average Bonchev–Trinajstić information content (AvgIpc) is 2.27. The fourth-order valence-electron chi connectivity index (χ4n) is 1.24. The molecule has 1 heterocycles. The van der Waals surface area contributed by atoms with Crippen molar-refractivity contribution in [2.45, 2.75) is 12.7 Å². The van der Waals surface area contributed by atoms with Crippen LogP contribution in [0.5, 0.6) is 0 Å². The van der Waals surface area contributed by atoms with E-state index < -0.39 is 19.3 Å². The number of aliphatic hydroxyl groups is 1. The molecule has 0 aliphatic heterocycles. The van der Waals surface area contributed by atoms with Crippen molar-refractivity contribution in [3.05, 3.63) is 18.0 Å². The molecule has 0 saturated heterocycles. The third kappa shape index (κ3) is 4.53. The molecular weight excluding hydrogens is 237 g/mol. The van der Waals surface area contributed by atoms with Crippen molar-refractivity contribution in [3.63, 3.8) is 0 Å². The second-order valence-corrected chi connectivity index (χ2v) is 3.31. The summed E-state index contributed by atoms with van der Waals surface area (Å²) in [5.41, 5.74) is 5.78. The van der Waals surface area contributed by atoms with Crippen LogP contribution >= 0.6 is 0 Å². The molecule has 1 aromatic heterocycles. The lowest BCUT2D eigenvalue weighted by Gasteiger charge is -2.23. The van der Waals surface area contributed by atoms with E-state index >= 15 is 0 Å². The van der Waals surface area contributed by atoms with Gasteiger partial charge in [0.1, 0.15) is 6.54 Å². The van der Waals surface area contributed by atoms with E-state index in [-0.39, 0.29) is 19.0 Å². The van der Waals surface area contributed by atoms with Crippen LogP contribution in [0.25, 0.3) is 0 Å². The van der Waals surface area contributed by atoms with Crippen molar-refractivity contribution < 1.29 is 18.3 Å². The third-order valence-corrected chi connectivity index (χ3v) is 1.93. The molecule has 0 amide bonds. The van der Waals surface area contributed by atoms with Crippen LogP contribution in [0.1, 0.15) is 5.69 Å². The van der Waals surface area contributed by atoms with Gasteiger partial charge >= 0.3 is 6.18 Å². The summed E-state index contributed by atoms with van der Waals surface area (Å²) in [4.78, 5) is 8.47. The number of hydrogen-bond acceptors (Lipinski definition) is 5. The van der Waals surface area contributed by atoms with Crippen LogP contribution in [0.2, 0.25) is 0 Å². The number of nitrogens with zero attached hydrogens (tertiary/aromatic N) is 3. The predicted octanol–water partition coefficient (Wildman–Crippen LogP) is 0.296. The van der Waals surface area contributed by atoms with Crippen molar-refractivity contribution in [1.82, 2.24) is 9.97 Å². The maximum absolute atomic E-state index is 12.3. The zero-order valence-electron chi connectivity index (χ0n) is 8.98. The van der Waals surface area contributed by atoms with Gasteiger partial charge in [0.2, 0.25) is 5.95 Å². The molecule has 1 rings (SSSR count). The molecule has 1 aromatic rings. The van der Waals surface area contributed by atoms with Crippen LogP contribution in [0.4, 0.5) is 19.1 Å². The third-order valence-electron chi connectivity index (χ3n) is 1.93. The fourth-order valence-corrected chi connectivity index (χ4v) is 1.24. The summed E-state index contributed by atoms with van der Waals surface area (Å²) in [5.74, 6) is -0.0840. The highest BCUT2D eigenvalue weighted by atomic mass is 19.4. The molecule has 96 valence electrons. The Kier molecular flexibility index (Phi) is 4.64. The summed E-state index contributed by atoms with van der Waals surface area (Å²) in [6, 6.07) is 1.52. The van der Waals surface area contributed by atoms with E-state index in [0.29, 0.717) is 5.69 Å². The maximum atomic E-state index is 12.3. The highest BCUT2D eigenvalue weighted by molar-refractivity contribution is 5.30. The second-order valence-electron chi connectivity index (χ2n) is 3.31. The molecule has 0 aliphatic carbocycles. The first-order chi connectivity index (χ1) is 7.96. The summed E-state index contributed by atoms with van der Waals surface area (Å²) in [6.45, 7) is -1.68. The van der Waals surface area contributed by atoms with E-state index in [0.717, 1.165) is 4.90 Å².